The average Bonchev–Trinajstić information content (AvgIpc) is 2.58. The minimum atomic E-state index is -1.67. The molecule has 0 aromatic heterocycles. The van der Waals surface area contributed by atoms with Gasteiger partial charge in [0.05, 0.1) is 13.7 Å². The number of ether oxygens (including phenoxy) is 1. The first-order chi connectivity index (χ1) is 10.9. The molecule has 23 heavy (non-hydrogen) atoms. The van der Waals surface area contributed by atoms with Gasteiger partial charge in [-0.25, -0.2) is 0 Å². The first kappa shape index (κ1) is 21.9. The number of hydrogen-bond donors (Lipinski definition) is 6. The molecule has 136 valence electrons. The predicted octanol–water partition coefficient (Wildman–Crippen LogP) is -2.58. The molecule has 0 amide bonds. The first-order valence-corrected chi connectivity index (χ1v) is 7.47. The zero-order chi connectivity index (χ0) is 17.8. The lowest BCUT2D eigenvalue weighted by Crippen LogP contribution is -2.46. The van der Waals surface area contributed by atoms with E-state index in [0.29, 0.717) is 25.8 Å². The molecule has 0 aromatic rings. The topological polar surface area (TPSA) is 152 Å². The molecule has 0 spiro atoms. The second-order valence-electron chi connectivity index (χ2n) is 5.14. The van der Waals surface area contributed by atoms with Crippen molar-refractivity contribution >= 4 is 12.2 Å². The van der Waals surface area contributed by atoms with Gasteiger partial charge >= 0.3 is 5.97 Å². The van der Waals surface area contributed by atoms with Crippen LogP contribution in [0.3, 0.4) is 0 Å². The zero-order valence-electron chi connectivity index (χ0n) is 13.5. The molecule has 0 saturated carbocycles. The van der Waals surface area contributed by atoms with E-state index in [-0.39, 0.29) is 12.0 Å². The van der Waals surface area contributed by atoms with Crippen LogP contribution in [0.15, 0.2) is 4.99 Å². The Morgan fingerprint density at radius 3 is 2.39 bits per heavy atom. The summed E-state index contributed by atoms with van der Waals surface area (Å²) in [6.45, 7) is -0.352. The minimum Gasteiger partial charge on any atom is -0.468 e. The van der Waals surface area contributed by atoms with Gasteiger partial charge in [-0.3, -0.25) is 9.79 Å². The van der Waals surface area contributed by atoms with Crippen molar-refractivity contribution in [1.29, 1.82) is 0 Å². The number of rotatable bonds is 12. The highest BCUT2D eigenvalue weighted by Crippen LogP contribution is 2.05. The van der Waals surface area contributed by atoms with Gasteiger partial charge in [0, 0.05) is 12.8 Å². The summed E-state index contributed by atoms with van der Waals surface area (Å²) in [4.78, 5) is 15.3. The lowest BCUT2D eigenvalue weighted by molar-refractivity contribution is -0.143. The number of nitrogens with one attached hydrogen (secondary N) is 1. The van der Waals surface area contributed by atoms with E-state index in [1.54, 1.807) is 7.05 Å². The van der Waals surface area contributed by atoms with Crippen LogP contribution in [0.1, 0.15) is 19.3 Å². The Labute approximate surface area is 135 Å². The van der Waals surface area contributed by atoms with Crippen molar-refractivity contribution < 1.29 is 35.1 Å². The molecule has 5 atom stereocenters. The third-order valence-corrected chi connectivity index (χ3v) is 3.40. The van der Waals surface area contributed by atoms with Gasteiger partial charge in [0.25, 0.3) is 0 Å². The van der Waals surface area contributed by atoms with Crippen LogP contribution in [0.2, 0.25) is 0 Å². The van der Waals surface area contributed by atoms with E-state index in [1.165, 1.54) is 7.11 Å². The number of hydrogen-bond acceptors (Lipinski definition) is 9. The molecular weight excluding hydrogens is 308 g/mol. The number of nitrogens with zero attached hydrogens (tertiary/aromatic N) is 1. The van der Waals surface area contributed by atoms with E-state index < -0.39 is 31.0 Å². The van der Waals surface area contributed by atoms with Crippen molar-refractivity contribution in [2.45, 2.75) is 49.7 Å². The zero-order valence-corrected chi connectivity index (χ0v) is 13.5. The predicted molar refractivity (Wildman–Crippen MR) is 83.2 cm³/mol. The van der Waals surface area contributed by atoms with Crippen molar-refractivity contribution in [3.05, 3.63) is 0 Å². The highest BCUT2D eigenvalue weighted by atomic mass is 16.5. The van der Waals surface area contributed by atoms with Gasteiger partial charge < -0.3 is 35.6 Å². The summed E-state index contributed by atoms with van der Waals surface area (Å²) >= 11 is 0. The summed E-state index contributed by atoms with van der Waals surface area (Å²) in [5.74, 6) is -0.328. The highest BCUT2D eigenvalue weighted by Gasteiger charge is 2.28. The Bertz CT molecular complexity index is 354. The fourth-order valence-corrected chi connectivity index (χ4v) is 1.88. The Kier molecular flexibility index (Phi) is 11.7. The maximum atomic E-state index is 11.3. The number of methoxy groups -OCH3 is 1. The van der Waals surface area contributed by atoms with E-state index in [0.717, 1.165) is 6.21 Å². The van der Waals surface area contributed by atoms with Crippen molar-refractivity contribution in [3.63, 3.8) is 0 Å². The van der Waals surface area contributed by atoms with Crippen LogP contribution >= 0.6 is 0 Å². The fraction of sp³-hybridized carbons (Fsp3) is 0.857. The molecule has 0 rings (SSSR count). The van der Waals surface area contributed by atoms with Crippen molar-refractivity contribution in [1.82, 2.24) is 5.32 Å². The third-order valence-electron chi connectivity index (χ3n) is 3.40. The summed E-state index contributed by atoms with van der Waals surface area (Å²) in [6.07, 6.45) is -3.26. The van der Waals surface area contributed by atoms with E-state index in [9.17, 15) is 20.1 Å². The Balaban J connectivity index is 4.03. The van der Waals surface area contributed by atoms with Crippen LogP contribution in [-0.2, 0) is 9.53 Å². The van der Waals surface area contributed by atoms with E-state index in [2.05, 4.69) is 15.0 Å². The largest absolute Gasteiger partial charge is 0.468 e. The quantitative estimate of drug-likeness (QED) is 0.129. The number of aliphatic imine (C=N–C) groups is 1. The molecule has 9 heteroatoms. The molecule has 0 fully saturated rings. The van der Waals surface area contributed by atoms with E-state index >= 15 is 0 Å². The summed E-state index contributed by atoms with van der Waals surface area (Å²) in [7, 11) is 3.00. The molecule has 9 nitrogen and oxygen atoms in total. The van der Waals surface area contributed by atoms with Crippen LogP contribution < -0.4 is 5.32 Å². The molecular formula is C14H28N2O7. The maximum absolute atomic E-state index is 11.3. The van der Waals surface area contributed by atoms with Gasteiger partial charge in [0.15, 0.2) is 0 Å². The van der Waals surface area contributed by atoms with Crippen LogP contribution in [0.25, 0.3) is 0 Å². The molecule has 0 radical (unpaired) electrons. The number of aliphatic hydroxyl groups is 5. The number of esters is 1. The molecule has 0 aliphatic heterocycles. The number of carbonyl (C=O) groups is 1. The van der Waals surface area contributed by atoms with Gasteiger partial charge in [-0.15, -0.1) is 0 Å². The maximum Gasteiger partial charge on any atom is 0.322 e. The van der Waals surface area contributed by atoms with Gasteiger partial charge in [0.2, 0.25) is 0 Å². The monoisotopic (exact) mass is 336 g/mol. The van der Waals surface area contributed by atoms with Gasteiger partial charge in [-0.1, -0.05) is 0 Å². The van der Waals surface area contributed by atoms with Gasteiger partial charge in [-0.05, 0) is 26.3 Å². The molecule has 0 bridgehead atoms. The SMILES string of the molecule is CNC(CCCCN=CC(O)C(O)C(O)C(O)CO)C(=O)OC. The smallest absolute Gasteiger partial charge is 0.322 e. The molecule has 0 heterocycles. The number of unbranched alkanes of at least 4 members (excludes halogenated alkanes) is 1. The van der Waals surface area contributed by atoms with E-state index in [1.807, 2.05) is 0 Å². The number of carbonyl (C=O) groups excluding carboxylic acids is 1. The molecule has 0 aliphatic carbocycles. The molecule has 0 aliphatic rings. The lowest BCUT2D eigenvalue weighted by Gasteiger charge is -2.23. The summed E-state index contributed by atoms with van der Waals surface area (Å²) in [5, 5.41) is 49.3. The summed E-state index contributed by atoms with van der Waals surface area (Å²) in [6, 6.07) is -0.369. The Morgan fingerprint density at radius 2 is 1.87 bits per heavy atom. The molecule has 0 aromatic carbocycles. The summed E-state index contributed by atoms with van der Waals surface area (Å²) in [5.41, 5.74) is 0. The molecule has 5 unspecified atom stereocenters. The van der Waals surface area contributed by atoms with Crippen molar-refractivity contribution in [2.24, 2.45) is 4.99 Å². The summed E-state index contributed by atoms with van der Waals surface area (Å²) < 4.78 is 4.64. The number of aliphatic hydroxyl groups excluding tert-OH is 5. The second-order valence-corrected chi connectivity index (χ2v) is 5.14. The van der Waals surface area contributed by atoms with Crippen molar-refractivity contribution in [3.8, 4) is 0 Å². The number of likely N-dealkylation sites (N-methyl/N-ethyl adjacent to an activating group) is 1. The third kappa shape index (κ3) is 8.35. The Morgan fingerprint density at radius 1 is 1.22 bits per heavy atom. The lowest BCUT2D eigenvalue weighted by atomic mass is 10.0. The van der Waals surface area contributed by atoms with Gasteiger partial charge in [0.1, 0.15) is 30.5 Å². The first-order valence-electron chi connectivity index (χ1n) is 7.47. The van der Waals surface area contributed by atoms with Crippen LogP contribution in [0.5, 0.6) is 0 Å². The molecule has 0 saturated heterocycles. The molecule has 6 N–H and O–H groups in total. The minimum absolute atomic E-state index is 0.328. The van der Waals surface area contributed by atoms with Gasteiger partial charge in [-0.2, -0.15) is 0 Å². The average molecular weight is 336 g/mol. The van der Waals surface area contributed by atoms with E-state index in [4.69, 9.17) is 10.2 Å². The normalized spacial score (nSPS) is 18.4. The van der Waals surface area contributed by atoms with Crippen LogP contribution in [0, 0.1) is 0 Å². The van der Waals surface area contributed by atoms with Crippen LogP contribution in [0.4, 0.5) is 0 Å². The second kappa shape index (κ2) is 12.3. The Hall–Kier alpha value is -1.10. The standard InChI is InChI=1S/C14H28N2O7/c1-15-9(14(22)23-2)5-3-4-6-16-7-10(18)12(20)13(21)11(19)8-17/h7,9-13,15,17-21H,3-6,8H2,1-2H3. The fourth-order valence-electron chi connectivity index (χ4n) is 1.88. The van der Waals surface area contributed by atoms with Crippen molar-refractivity contribution in [2.75, 3.05) is 27.3 Å². The highest BCUT2D eigenvalue weighted by molar-refractivity contribution is 5.75. The van der Waals surface area contributed by atoms with Crippen LogP contribution in [-0.4, -0.2) is 95.5 Å².